The number of benzene rings is 1. The summed E-state index contributed by atoms with van der Waals surface area (Å²) in [6.07, 6.45) is 1.14. The highest BCUT2D eigenvalue weighted by Gasteiger charge is 2.20. The third-order valence-electron chi connectivity index (χ3n) is 3.13. The number of esters is 1. The highest BCUT2D eigenvalue weighted by molar-refractivity contribution is 7.88. The van der Waals surface area contributed by atoms with Gasteiger partial charge in [-0.15, -0.1) is 0 Å². The van der Waals surface area contributed by atoms with E-state index in [1.165, 1.54) is 17.5 Å². The largest absolute Gasteiger partial charge is 0.465 e. The Morgan fingerprint density at radius 1 is 1.30 bits per heavy atom. The average Bonchev–Trinajstić information content (AvgIpc) is 2.45. The summed E-state index contributed by atoms with van der Waals surface area (Å²) in [5.41, 5.74) is 0.776. The van der Waals surface area contributed by atoms with Gasteiger partial charge in [0.1, 0.15) is 0 Å². The fraction of sp³-hybridized carbons (Fsp3) is 0.467. The molecule has 0 heterocycles. The summed E-state index contributed by atoms with van der Waals surface area (Å²) in [6.45, 7) is 3.59. The summed E-state index contributed by atoms with van der Waals surface area (Å²) in [5.74, 6) is -0.828. The van der Waals surface area contributed by atoms with Crippen LogP contribution in [0, 0.1) is 0 Å². The standard InChI is InChI=1S/C15H22N2O5S/c1-11(2)17(23(4,20)21)9-8-14(18)16-13-7-5-6-12(10-13)15(19)22-3/h5-7,10-11H,8-9H2,1-4H3,(H,16,18). The molecule has 0 aliphatic rings. The minimum Gasteiger partial charge on any atom is -0.465 e. The fourth-order valence-corrected chi connectivity index (χ4v) is 3.27. The quantitative estimate of drug-likeness (QED) is 0.758. The monoisotopic (exact) mass is 342 g/mol. The number of carbonyl (C=O) groups is 2. The molecule has 0 aliphatic heterocycles. The first-order valence-corrected chi connectivity index (χ1v) is 8.95. The van der Waals surface area contributed by atoms with Gasteiger partial charge in [-0.2, -0.15) is 4.31 Å². The lowest BCUT2D eigenvalue weighted by Crippen LogP contribution is -2.38. The zero-order valence-electron chi connectivity index (χ0n) is 13.7. The highest BCUT2D eigenvalue weighted by Crippen LogP contribution is 2.12. The van der Waals surface area contributed by atoms with Crippen molar-refractivity contribution in [3.8, 4) is 0 Å². The normalized spacial score (nSPS) is 11.6. The SMILES string of the molecule is COC(=O)c1cccc(NC(=O)CCN(C(C)C)S(C)(=O)=O)c1. The summed E-state index contributed by atoms with van der Waals surface area (Å²) in [5, 5.41) is 2.64. The van der Waals surface area contributed by atoms with E-state index in [0.29, 0.717) is 11.3 Å². The van der Waals surface area contributed by atoms with Gasteiger partial charge < -0.3 is 10.1 Å². The van der Waals surface area contributed by atoms with E-state index in [4.69, 9.17) is 0 Å². The van der Waals surface area contributed by atoms with Crippen LogP contribution < -0.4 is 5.32 Å². The van der Waals surface area contributed by atoms with E-state index in [0.717, 1.165) is 6.26 Å². The summed E-state index contributed by atoms with van der Waals surface area (Å²) >= 11 is 0. The molecule has 0 saturated carbocycles. The second-order valence-electron chi connectivity index (χ2n) is 5.34. The molecule has 0 radical (unpaired) electrons. The van der Waals surface area contributed by atoms with Crippen LogP contribution in [0.3, 0.4) is 0 Å². The lowest BCUT2D eigenvalue weighted by atomic mass is 10.2. The maximum absolute atomic E-state index is 12.0. The zero-order valence-corrected chi connectivity index (χ0v) is 14.5. The van der Waals surface area contributed by atoms with Crippen LogP contribution in [0.25, 0.3) is 0 Å². The second-order valence-corrected chi connectivity index (χ2v) is 7.27. The molecule has 8 heteroatoms. The molecule has 0 saturated heterocycles. The predicted molar refractivity (Wildman–Crippen MR) is 87.7 cm³/mol. The van der Waals surface area contributed by atoms with Gasteiger partial charge in [0.2, 0.25) is 15.9 Å². The molecular weight excluding hydrogens is 320 g/mol. The number of methoxy groups -OCH3 is 1. The number of amides is 1. The van der Waals surface area contributed by atoms with Crippen LogP contribution in [0.5, 0.6) is 0 Å². The van der Waals surface area contributed by atoms with Gasteiger partial charge in [-0.25, -0.2) is 13.2 Å². The Morgan fingerprint density at radius 3 is 2.48 bits per heavy atom. The molecule has 1 aromatic carbocycles. The molecule has 1 aromatic rings. The van der Waals surface area contributed by atoms with Crippen molar-refractivity contribution < 1.29 is 22.7 Å². The van der Waals surface area contributed by atoms with Crippen molar-refractivity contribution in [1.29, 1.82) is 0 Å². The van der Waals surface area contributed by atoms with Crippen molar-refractivity contribution in [3.63, 3.8) is 0 Å². The van der Waals surface area contributed by atoms with Crippen LogP contribution in [-0.2, 0) is 19.6 Å². The van der Waals surface area contributed by atoms with Crippen LogP contribution in [0.2, 0.25) is 0 Å². The Labute approximate surface area is 136 Å². The second kappa shape index (κ2) is 8.07. The summed E-state index contributed by atoms with van der Waals surface area (Å²) in [7, 11) is -2.08. The molecule has 23 heavy (non-hydrogen) atoms. The van der Waals surface area contributed by atoms with Gasteiger partial charge in [0.25, 0.3) is 0 Å². The Hall–Kier alpha value is -1.93. The molecule has 7 nitrogen and oxygen atoms in total. The zero-order chi connectivity index (χ0) is 17.6. The van der Waals surface area contributed by atoms with E-state index in [2.05, 4.69) is 10.1 Å². The van der Waals surface area contributed by atoms with Gasteiger partial charge in [-0.1, -0.05) is 6.07 Å². The Morgan fingerprint density at radius 2 is 1.96 bits per heavy atom. The first-order chi connectivity index (χ1) is 10.6. The molecule has 0 aliphatic carbocycles. The van der Waals surface area contributed by atoms with E-state index >= 15 is 0 Å². The first kappa shape index (κ1) is 19.1. The van der Waals surface area contributed by atoms with Gasteiger partial charge in [0, 0.05) is 24.7 Å². The summed E-state index contributed by atoms with van der Waals surface area (Å²) in [4.78, 5) is 23.4. The van der Waals surface area contributed by atoms with Gasteiger partial charge >= 0.3 is 5.97 Å². The Bertz CT molecular complexity index is 670. The van der Waals surface area contributed by atoms with Gasteiger partial charge in [-0.05, 0) is 32.0 Å². The minimum absolute atomic E-state index is 0.0215. The maximum Gasteiger partial charge on any atom is 0.337 e. The molecule has 0 atom stereocenters. The lowest BCUT2D eigenvalue weighted by molar-refractivity contribution is -0.116. The molecule has 1 rings (SSSR count). The van der Waals surface area contributed by atoms with Crippen molar-refractivity contribution in [2.75, 3.05) is 25.2 Å². The van der Waals surface area contributed by atoms with Gasteiger partial charge in [0.15, 0.2) is 0 Å². The fourth-order valence-electron chi connectivity index (χ4n) is 2.08. The number of hydrogen-bond acceptors (Lipinski definition) is 5. The number of anilines is 1. The summed E-state index contributed by atoms with van der Waals surface area (Å²) in [6, 6.07) is 6.12. The molecule has 1 amide bonds. The number of sulfonamides is 1. The molecule has 0 fully saturated rings. The third kappa shape index (κ3) is 5.99. The predicted octanol–water partition coefficient (Wildman–Crippen LogP) is 1.47. The third-order valence-corrected chi connectivity index (χ3v) is 4.58. The van der Waals surface area contributed by atoms with Crippen LogP contribution in [-0.4, -0.2) is 50.6 Å². The van der Waals surface area contributed by atoms with Crippen LogP contribution in [0.15, 0.2) is 24.3 Å². The van der Waals surface area contributed by atoms with Crippen molar-refractivity contribution in [1.82, 2.24) is 4.31 Å². The topological polar surface area (TPSA) is 92.8 Å². The number of nitrogens with one attached hydrogen (secondary N) is 1. The molecular formula is C15H22N2O5S. The van der Waals surface area contributed by atoms with Crippen molar-refractivity contribution >= 4 is 27.6 Å². The van der Waals surface area contributed by atoms with Crippen LogP contribution in [0.1, 0.15) is 30.6 Å². The first-order valence-electron chi connectivity index (χ1n) is 7.10. The Balaban J connectivity index is 2.69. The van der Waals surface area contributed by atoms with E-state index in [-0.39, 0.29) is 24.9 Å². The molecule has 0 spiro atoms. The number of carbonyl (C=O) groups excluding carboxylic acids is 2. The smallest absolute Gasteiger partial charge is 0.337 e. The van der Waals surface area contributed by atoms with Crippen LogP contribution in [0.4, 0.5) is 5.69 Å². The number of nitrogens with zero attached hydrogens (tertiary/aromatic N) is 1. The molecule has 0 aromatic heterocycles. The number of rotatable bonds is 7. The van der Waals surface area contributed by atoms with E-state index in [1.54, 1.807) is 32.0 Å². The molecule has 0 unspecified atom stereocenters. The van der Waals surface area contributed by atoms with Gasteiger partial charge in [-0.3, -0.25) is 4.79 Å². The molecule has 1 N–H and O–H groups in total. The van der Waals surface area contributed by atoms with E-state index in [9.17, 15) is 18.0 Å². The van der Waals surface area contributed by atoms with Crippen molar-refractivity contribution in [2.45, 2.75) is 26.3 Å². The lowest BCUT2D eigenvalue weighted by Gasteiger charge is -2.23. The summed E-state index contributed by atoms with van der Waals surface area (Å²) < 4.78 is 29.2. The van der Waals surface area contributed by atoms with Crippen molar-refractivity contribution in [3.05, 3.63) is 29.8 Å². The minimum atomic E-state index is -3.36. The number of ether oxygens (including phenoxy) is 1. The van der Waals surface area contributed by atoms with Crippen LogP contribution >= 0.6 is 0 Å². The Kier molecular flexibility index (Phi) is 6.71. The molecule has 0 bridgehead atoms. The average molecular weight is 342 g/mol. The maximum atomic E-state index is 12.0. The van der Waals surface area contributed by atoms with E-state index in [1.807, 2.05) is 0 Å². The number of hydrogen-bond donors (Lipinski definition) is 1. The molecule has 128 valence electrons. The van der Waals surface area contributed by atoms with Crippen molar-refractivity contribution in [2.24, 2.45) is 0 Å². The van der Waals surface area contributed by atoms with E-state index < -0.39 is 16.0 Å². The highest BCUT2D eigenvalue weighted by atomic mass is 32.2. The van der Waals surface area contributed by atoms with Gasteiger partial charge in [0.05, 0.1) is 18.9 Å².